The largest absolute Gasteiger partial charge is 0.366 e. The summed E-state index contributed by atoms with van der Waals surface area (Å²) >= 11 is 5.99. The van der Waals surface area contributed by atoms with Gasteiger partial charge in [-0.25, -0.2) is 0 Å². The molecule has 5 heteroatoms. The molecule has 2 unspecified atom stereocenters. The molecule has 0 bridgehead atoms. The molecular formula is C15H19ClN2O2. The number of halogens is 1. The molecule has 2 aliphatic rings. The van der Waals surface area contributed by atoms with Crippen LogP contribution in [0.2, 0.25) is 5.02 Å². The number of nitrogens with one attached hydrogen (secondary N) is 1. The highest BCUT2D eigenvalue weighted by Crippen LogP contribution is 2.22. The summed E-state index contributed by atoms with van der Waals surface area (Å²) in [6.45, 7) is 3.52. The molecule has 2 atom stereocenters. The third kappa shape index (κ3) is 3.14. The molecule has 108 valence electrons. The molecule has 2 saturated heterocycles. The smallest absolute Gasteiger partial charge is 0.248 e. The Morgan fingerprint density at radius 1 is 1.45 bits per heavy atom. The zero-order chi connectivity index (χ0) is 13.9. The highest BCUT2D eigenvalue weighted by Gasteiger charge is 2.33. The van der Waals surface area contributed by atoms with Gasteiger partial charge in [-0.2, -0.15) is 0 Å². The summed E-state index contributed by atoms with van der Waals surface area (Å²) in [5.41, 5.74) is 1.07. The van der Waals surface area contributed by atoms with Gasteiger partial charge >= 0.3 is 0 Å². The number of carbonyl (C=O) groups excluding carboxylic acids is 1. The summed E-state index contributed by atoms with van der Waals surface area (Å²) < 4.78 is 5.71. The van der Waals surface area contributed by atoms with Gasteiger partial charge in [0.05, 0.1) is 6.10 Å². The SMILES string of the molecule is O=C1COC(C2CCNC2)CN1Cc1cccc(Cl)c1. The topological polar surface area (TPSA) is 41.6 Å². The van der Waals surface area contributed by atoms with Crippen molar-refractivity contribution in [2.24, 2.45) is 5.92 Å². The van der Waals surface area contributed by atoms with Crippen LogP contribution in [-0.2, 0) is 16.1 Å². The molecule has 1 amide bonds. The zero-order valence-corrected chi connectivity index (χ0v) is 12.1. The van der Waals surface area contributed by atoms with E-state index in [1.807, 2.05) is 29.2 Å². The van der Waals surface area contributed by atoms with Crippen LogP contribution in [0.15, 0.2) is 24.3 Å². The molecule has 4 nitrogen and oxygen atoms in total. The van der Waals surface area contributed by atoms with Gasteiger partial charge in [0.1, 0.15) is 6.61 Å². The van der Waals surface area contributed by atoms with Crippen LogP contribution in [0.5, 0.6) is 0 Å². The molecule has 2 heterocycles. The molecule has 1 aromatic rings. The maximum absolute atomic E-state index is 12.0. The Kier molecular flexibility index (Phi) is 4.24. The molecule has 3 rings (SSSR count). The van der Waals surface area contributed by atoms with Gasteiger partial charge in [-0.05, 0) is 30.7 Å². The summed E-state index contributed by atoms with van der Waals surface area (Å²) in [7, 11) is 0. The lowest BCUT2D eigenvalue weighted by Crippen LogP contribution is -2.49. The lowest BCUT2D eigenvalue weighted by molar-refractivity contribution is -0.152. The first-order valence-corrected chi connectivity index (χ1v) is 7.45. The van der Waals surface area contributed by atoms with E-state index in [1.54, 1.807) is 0 Å². The van der Waals surface area contributed by atoms with Gasteiger partial charge in [0.15, 0.2) is 0 Å². The number of amides is 1. The summed E-state index contributed by atoms with van der Waals surface area (Å²) in [5, 5.41) is 4.06. The van der Waals surface area contributed by atoms with Gasteiger partial charge in [0.25, 0.3) is 0 Å². The van der Waals surface area contributed by atoms with E-state index in [0.29, 0.717) is 24.0 Å². The first-order chi connectivity index (χ1) is 9.72. The van der Waals surface area contributed by atoms with Crippen molar-refractivity contribution in [3.8, 4) is 0 Å². The Morgan fingerprint density at radius 2 is 2.35 bits per heavy atom. The zero-order valence-electron chi connectivity index (χ0n) is 11.3. The van der Waals surface area contributed by atoms with E-state index < -0.39 is 0 Å². The number of benzene rings is 1. The molecule has 2 aliphatic heterocycles. The van der Waals surface area contributed by atoms with Crippen molar-refractivity contribution in [1.29, 1.82) is 0 Å². The second-order valence-electron chi connectivity index (χ2n) is 5.51. The Labute approximate surface area is 124 Å². The molecule has 20 heavy (non-hydrogen) atoms. The molecule has 0 aromatic heterocycles. The number of hydrogen-bond donors (Lipinski definition) is 1. The predicted octanol–water partition coefficient (Wildman–Crippen LogP) is 1.68. The van der Waals surface area contributed by atoms with E-state index in [9.17, 15) is 4.79 Å². The van der Waals surface area contributed by atoms with Gasteiger partial charge in [0.2, 0.25) is 5.91 Å². The van der Waals surface area contributed by atoms with Gasteiger partial charge in [-0.1, -0.05) is 23.7 Å². The third-order valence-electron chi connectivity index (χ3n) is 4.06. The first kappa shape index (κ1) is 13.9. The number of ether oxygens (including phenoxy) is 1. The first-order valence-electron chi connectivity index (χ1n) is 7.07. The van der Waals surface area contributed by atoms with Crippen molar-refractivity contribution < 1.29 is 9.53 Å². The van der Waals surface area contributed by atoms with Gasteiger partial charge in [-0.15, -0.1) is 0 Å². The fraction of sp³-hybridized carbons (Fsp3) is 0.533. The number of morpholine rings is 1. The van der Waals surface area contributed by atoms with Crippen molar-refractivity contribution in [2.45, 2.75) is 19.1 Å². The fourth-order valence-electron chi connectivity index (χ4n) is 2.93. The standard InChI is InChI=1S/C15H19ClN2O2/c16-13-3-1-2-11(6-13)8-18-9-14(20-10-15(18)19)12-4-5-17-7-12/h1-3,6,12,14,17H,4-5,7-10H2. The Hall–Kier alpha value is -1.10. The van der Waals surface area contributed by atoms with E-state index in [2.05, 4.69) is 5.32 Å². The van der Waals surface area contributed by atoms with Crippen LogP contribution in [0.25, 0.3) is 0 Å². The van der Waals surface area contributed by atoms with Gasteiger partial charge < -0.3 is 15.0 Å². The van der Waals surface area contributed by atoms with Crippen molar-refractivity contribution in [1.82, 2.24) is 10.2 Å². The van der Waals surface area contributed by atoms with Crippen molar-refractivity contribution in [3.05, 3.63) is 34.9 Å². The van der Waals surface area contributed by atoms with E-state index in [-0.39, 0.29) is 18.6 Å². The lowest BCUT2D eigenvalue weighted by Gasteiger charge is -2.35. The van der Waals surface area contributed by atoms with Crippen LogP contribution < -0.4 is 5.32 Å². The minimum absolute atomic E-state index is 0.0622. The summed E-state index contributed by atoms with van der Waals surface area (Å²) in [4.78, 5) is 13.9. The minimum Gasteiger partial charge on any atom is -0.366 e. The van der Waals surface area contributed by atoms with Crippen molar-refractivity contribution in [3.63, 3.8) is 0 Å². The van der Waals surface area contributed by atoms with Crippen LogP contribution in [0.1, 0.15) is 12.0 Å². The van der Waals surface area contributed by atoms with Gasteiger partial charge in [-0.3, -0.25) is 4.79 Å². The van der Waals surface area contributed by atoms with Crippen LogP contribution >= 0.6 is 11.6 Å². The third-order valence-corrected chi connectivity index (χ3v) is 4.30. The maximum atomic E-state index is 12.0. The monoisotopic (exact) mass is 294 g/mol. The fourth-order valence-corrected chi connectivity index (χ4v) is 3.14. The second kappa shape index (κ2) is 6.12. The van der Waals surface area contributed by atoms with E-state index in [0.717, 1.165) is 25.1 Å². The molecule has 1 N–H and O–H groups in total. The number of carbonyl (C=O) groups is 1. The second-order valence-corrected chi connectivity index (χ2v) is 5.94. The number of hydrogen-bond acceptors (Lipinski definition) is 3. The van der Waals surface area contributed by atoms with E-state index >= 15 is 0 Å². The minimum atomic E-state index is 0.0622. The summed E-state index contributed by atoms with van der Waals surface area (Å²) in [5.74, 6) is 0.581. The molecular weight excluding hydrogens is 276 g/mol. The van der Waals surface area contributed by atoms with Crippen LogP contribution in [0.3, 0.4) is 0 Å². The normalized spacial score (nSPS) is 27.1. The lowest BCUT2D eigenvalue weighted by atomic mass is 9.99. The molecule has 0 saturated carbocycles. The van der Waals surface area contributed by atoms with Crippen LogP contribution in [0.4, 0.5) is 0 Å². The Bertz CT molecular complexity index is 489. The molecule has 0 aliphatic carbocycles. The summed E-state index contributed by atoms with van der Waals surface area (Å²) in [6, 6.07) is 7.68. The highest BCUT2D eigenvalue weighted by atomic mass is 35.5. The maximum Gasteiger partial charge on any atom is 0.248 e. The highest BCUT2D eigenvalue weighted by molar-refractivity contribution is 6.30. The molecule has 2 fully saturated rings. The molecule has 0 spiro atoms. The van der Waals surface area contributed by atoms with Crippen molar-refractivity contribution in [2.75, 3.05) is 26.2 Å². The Morgan fingerprint density at radius 3 is 3.10 bits per heavy atom. The van der Waals surface area contributed by atoms with Crippen LogP contribution in [-0.4, -0.2) is 43.2 Å². The average Bonchev–Trinajstić information content (AvgIpc) is 2.95. The Balaban J connectivity index is 1.66. The van der Waals surface area contributed by atoms with Crippen LogP contribution in [0, 0.1) is 5.92 Å². The van der Waals surface area contributed by atoms with Crippen molar-refractivity contribution >= 4 is 17.5 Å². The van der Waals surface area contributed by atoms with E-state index in [1.165, 1.54) is 0 Å². The molecule has 1 aromatic carbocycles. The number of nitrogens with zero attached hydrogens (tertiary/aromatic N) is 1. The van der Waals surface area contributed by atoms with E-state index in [4.69, 9.17) is 16.3 Å². The average molecular weight is 295 g/mol. The van der Waals surface area contributed by atoms with Gasteiger partial charge in [0, 0.05) is 30.6 Å². The molecule has 0 radical (unpaired) electrons. The quantitative estimate of drug-likeness (QED) is 0.922. The summed E-state index contributed by atoms with van der Waals surface area (Å²) in [6.07, 6.45) is 1.28. The predicted molar refractivity (Wildman–Crippen MR) is 77.6 cm³/mol. The number of rotatable bonds is 3.